The minimum Gasteiger partial charge on any atom is -0.508 e. The Morgan fingerprint density at radius 2 is 2.00 bits per heavy atom. The first kappa shape index (κ1) is 10.1. The summed E-state index contributed by atoms with van der Waals surface area (Å²) in [5.41, 5.74) is 7.68. The van der Waals surface area contributed by atoms with Gasteiger partial charge in [-0.05, 0) is 38.8 Å². The lowest BCUT2D eigenvalue weighted by molar-refractivity contribution is 0.450. The molecule has 0 atom stereocenters. The third kappa shape index (κ3) is 3.07. The van der Waals surface area contributed by atoms with E-state index in [9.17, 15) is 5.11 Å². The fourth-order valence-electron chi connectivity index (χ4n) is 1.35. The number of benzene rings is 1. The molecule has 72 valence electrons. The summed E-state index contributed by atoms with van der Waals surface area (Å²) < 4.78 is 0. The van der Waals surface area contributed by atoms with Crippen molar-refractivity contribution in [3.63, 3.8) is 0 Å². The molecule has 1 rings (SSSR count). The van der Waals surface area contributed by atoms with Gasteiger partial charge >= 0.3 is 0 Å². The third-order valence-corrected chi connectivity index (χ3v) is 1.88. The molecule has 0 saturated carbocycles. The molecule has 0 heterocycles. The SMILES string of the molecule is Cc1ccc(O)c(CC(C)(C)N)c1. The largest absolute Gasteiger partial charge is 0.508 e. The smallest absolute Gasteiger partial charge is 0.118 e. The predicted octanol–water partition coefficient (Wildman–Crippen LogP) is 1.98. The molecule has 0 aromatic heterocycles. The van der Waals surface area contributed by atoms with Gasteiger partial charge in [0.1, 0.15) is 5.75 Å². The summed E-state index contributed by atoms with van der Waals surface area (Å²) >= 11 is 0. The summed E-state index contributed by atoms with van der Waals surface area (Å²) in [6.07, 6.45) is 0.695. The van der Waals surface area contributed by atoms with Gasteiger partial charge in [0, 0.05) is 5.54 Å². The molecule has 0 spiro atoms. The summed E-state index contributed by atoms with van der Waals surface area (Å²) in [5.74, 6) is 0.337. The fraction of sp³-hybridized carbons (Fsp3) is 0.455. The quantitative estimate of drug-likeness (QED) is 0.729. The number of aryl methyl sites for hydroxylation is 1. The maximum atomic E-state index is 9.54. The summed E-state index contributed by atoms with van der Waals surface area (Å²) in [6.45, 7) is 5.91. The van der Waals surface area contributed by atoms with Crippen molar-refractivity contribution in [2.45, 2.75) is 32.7 Å². The van der Waals surface area contributed by atoms with Crippen LogP contribution in [0.25, 0.3) is 0 Å². The van der Waals surface area contributed by atoms with E-state index in [1.54, 1.807) is 6.07 Å². The number of hydrogen-bond donors (Lipinski definition) is 2. The van der Waals surface area contributed by atoms with Crippen molar-refractivity contribution in [3.8, 4) is 5.75 Å². The van der Waals surface area contributed by atoms with Gasteiger partial charge < -0.3 is 10.8 Å². The van der Waals surface area contributed by atoms with Gasteiger partial charge in [-0.3, -0.25) is 0 Å². The lowest BCUT2D eigenvalue weighted by atomic mass is 9.95. The molecule has 0 aliphatic rings. The number of phenolic OH excluding ortho intramolecular Hbond substituents is 1. The van der Waals surface area contributed by atoms with Crippen LogP contribution < -0.4 is 5.73 Å². The van der Waals surface area contributed by atoms with E-state index in [4.69, 9.17) is 5.73 Å². The second kappa shape index (κ2) is 3.38. The highest BCUT2D eigenvalue weighted by atomic mass is 16.3. The molecule has 2 heteroatoms. The first-order valence-electron chi connectivity index (χ1n) is 4.46. The molecule has 0 radical (unpaired) electrons. The normalized spacial score (nSPS) is 11.7. The lowest BCUT2D eigenvalue weighted by Gasteiger charge is -2.19. The molecule has 0 bridgehead atoms. The summed E-state index contributed by atoms with van der Waals surface area (Å²) in [5, 5.41) is 9.54. The Balaban J connectivity index is 2.94. The van der Waals surface area contributed by atoms with Crippen LogP contribution in [0.15, 0.2) is 18.2 Å². The van der Waals surface area contributed by atoms with E-state index in [-0.39, 0.29) is 5.54 Å². The molecule has 3 N–H and O–H groups in total. The van der Waals surface area contributed by atoms with E-state index < -0.39 is 0 Å². The van der Waals surface area contributed by atoms with E-state index >= 15 is 0 Å². The van der Waals surface area contributed by atoms with Crippen LogP contribution in [0.4, 0.5) is 0 Å². The van der Waals surface area contributed by atoms with Gasteiger partial charge in [-0.25, -0.2) is 0 Å². The Bertz CT molecular complexity index is 299. The zero-order chi connectivity index (χ0) is 10.1. The second-order valence-corrected chi connectivity index (χ2v) is 4.30. The van der Waals surface area contributed by atoms with Crippen LogP contribution in [0.2, 0.25) is 0 Å². The summed E-state index contributed by atoms with van der Waals surface area (Å²) in [6, 6.07) is 5.59. The van der Waals surface area contributed by atoms with Crippen molar-refractivity contribution < 1.29 is 5.11 Å². The van der Waals surface area contributed by atoms with Gasteiger partial charge in [-0.1, -0.05) is 17.7 Å². The molecular weight excluding hydrogens is 162 g/mol. The number of aromatic hydroxyl groups is 1. The van der Waals surface area contributed by atoms with Gasteiger partial charge in [-0.15, -0.1) is 0 Å². The van der Waals surface area contributed by atoms with E-state index in [1.807, 2.05) is 32.9 Å². The van der Waals surface area contributed by atoms with Crippen molar-refractivity contribution >= 4 is 0 Å². The van der Waals surface area contributed by atoms with Crippen LogP contribution in [-0.4, -0.2) is 10.6 Å². The van der Waals surface area contributed by atoms with E-state index in [1.165, 1.54) is 0 Å². The topological polar surface area (TPSA) is 46.2 Å². The number of phenols is 1. The molecule has 0 aliphatic carbocycles. The molecule has 0 unspecified atom stereocenters. The van der Waals surface area contributed by atoms with Gasteiger partial charge in [0.05, 0.1) is 0 Å². The number of nitrogens with two attached hydrogens (primary N) is 1. The maximum absolute atomic E-state index is 9.54. The van der Waals surface area contributed by atoms with Crippen molar-refractivity contribution in [2.75, 3.05) is 0 Å². The second-order valence-electron chi connectivity index (χ2n) is 4.30. The molecule has 0 fully saturated rings. The molecule has 2 nitrogen and oxygen atoms in total. The summed E-state index contributed by atoms with van der Waals surface area (Å²) in [4.78, 5) is 0. The van der Waals surface area contributed by atoms with Crippen LogP contribution in [-0.2, 0) is 6.42 Å². The highest BCUT2D eigenvalue weighted by Crippen LogP contribution is 2.21. The van der Waals surface area contributed by atoms with Gasteiger partial charge in [0.25, 0.3) is 0 Å². The van der Waals surface area contributed by atoms with Crippen LogP contribution in [0, 0.1) is 6.92 Å². The van der Waals surface area contributed by atoms with Gasteiger partial charge in [-0.2, -0.15) is 0 Å². The monoisotopic (exact) mass is 179 g/mol. The van der Waals surface area contributed by atoms with E-state index in [0.29, 0.717) is 12.2 Å². The fourth-order valence-corrected chi connectivity index (χ4v) is 1.35. The average molecular weight is 179 g/mol. The van der Waals surface area contributed by atoms with Crippen molar-refractivity contribution in [3.05, 3.63) is 29.3 Å². The lowest BCUT2D eigenvalue weighted by Crippen LogP contribution is -2.34. The Morgan fingerprint density at radius 3 is 2.54 bits per heavy atom. The maximum Gasteiger partial charge on any atom is 0.118 e. The highest BCUT2D eigenvalue weighted by Gasteiger charge is 2.14. The Labute approximate surface area is 79.4 Å². The number of hydrogen-bond acceptors (Lipinski definition) is 2. The zero-order valence-electron chi connectivity index (χ0n) is 8.46. The standard InChI is InChI=1S/C11H17NO/c1-8-4-5-10(13)9(6-8)7-11(2,3)12/h4-6,13H,7,12H2,1-3H3. The van der Waals surface area contributed by atoms with Gasteiger partial charge in [0.15, 0.2) is 0 Å². The Hall–Kier alpha value is -1.02. The zero-order valence-corrected chi connectivity index (χ0v) is 8.46. The minimum atomic E-state index is -0.273. The molecule has 0 amide bonds. The molecule has 0 aliphatic heterocycles. The van der Waals surface area contributed by atoms with Gasteiger partial charge in [0.2, 0.25) is 0 Å². The molecule has 0 saturated heterocycles. The van der Waals surface area contributed by atoms with Crippen LogP contribution in [0.5, 0.6) is 5.75 Å². The predicted molar refractivity (Wildman–Crippen MR) is 54.8 cm³/mol. The Morgan fingerprint density at radius 1 is 1.38 bits per heavy atom. The summed E-state index contributed by atoms with van der Waals surface area (Å²) in [7, 11) is 0. The van der Waals surface area contributed by atoms with Crippen LogP contribution in [0.1, 0.15) is 25.0 Å². The van der Waals surface area contributed by atoms with Crippen molar-refractivity contribution in [1.82, 2.24) is 0 Å². The van der Waals surface area contributed by atoms with Crippen molar-refractivity contribution in [2.24, 2.45) is 5.73 Å². The molecule has 1 aromatic rings. The highest BCUT2D eigenvalue weighted by molar-refractivity contribution is 5.36. The first-order chi connectivity index (χ1) is 5.88. The van der Waals surface area contributed by atoms with Crippen LogP contribution >= 0.6 is 0 Å². The molecular formula is C11H17NO. The number of rotatable bonds is 2. The Kier molecular flexibility index (Phi) is 2.62. The molecule has 13 heavy (non-hydrogen) atoms. The third-order valence-electron chi connectivity index (χ3n) is 1.88. The minimum absolute atomic E-state index is 0.273. The average Bonchev–Trinajstić information content (AvgIpc) is 1.94. The first-order valence-corrected chi connectivity index (χ1v) is 4.46. The molecule has 1 aromatic carbocycles. The van der Waals surface area contributed by atoms with E-state index in [0.717, 1.165) is 11.1 Å². The van der Waals surface area contributed by atoms with Crippen LogP contribution in [0.3, 0.4) is 0 Å². The van der Waals surface area contributed by atoms with E-state index in [2.05, 4.69) is 0 Å². The van der Waals surface area contributed by atoms with Crippen molar-refractivity contribution in [1.29, 1.82) is 0 Å².